The number of aromatic nitrogens is 2. The fourth-order valence-corrected chi connectivity index (χ4v) is 2.19. The smallest absolute Gasteiger partial charge is 0.267 e. The molecular weight excluding hydrogens is 326 g/mol. The monoisotopic (exact) mass is 337 g/mol. The molecule has 0 bridgehead atoms. The lowest BCUT2D eigenvalue weighted by Gasteiger charge is -2.05. The molecule has 3 N–H and O–H groups in total. The zero-order valence-corrected chi connectivity index (χ0v) is 13.1. The number of nitrogens with zero attached hydrogens (tertiary/aromatic N) is 2. The van der Waals surface area contributed by atoms with E-state index in [1.807, 2.05) is 24.3 Å². The average Bonchev–Trinajstić information content (AvgIpc) is 3.05. The van der Waals surface area contributed by atoms with Gasteiger partial charge in [-0.2, -0.15) is 5.26 Å². The molecule has 0 aliphatic heterocycles. The second-order valence-corrected chi connectivity index (χ2v) is 5.35. The van der Waals surface area contributed by atoms with E-state index in [0.29, 0.717) is 10.7 Å². The summed E-state index contributed by atoms with van der Waals surface area (Å²) in [5.41, 5.74) is 2.95. The van der Waals surface area contributed by atoms with Crippen LogP contribution < -0.4 is 10.6 Å². The van der Waals surface area contributed by atoms with Gasteiger partial charge in [-0.3, -0.25) is 4.79 Å². The number of halogens is 1. The van der Waals surface area contributed by atoms with Gasteiger partial charge in [-0.05, 0) is 42.5 Å². The lowest BCUT2D eigenvalue weighted by atomic mass is 10.2. The number of hydrogen-bond donors (Lipinski definition) is 3. The molecule has 0 aliphatic carbocycles. The predicted molar refractivity (Wildman–Crippen MR) is 93.5 cm³/mol. The third-order valence-corrected chi connectivity index (χ3v) is 3.52. The summed E-state index contributed by atoms with van der Waals surface area (Å²) in [5.74, 6) is -0.505. The number of aromatic amines is 1. The molecule has 3 rings (SSSR count). The van der Waals surface area contributed by atoms with Crippen LogP contribution in [0.15, 0.2) is 60.6 Å². The van der Waals surface area contributed by atoms with Gasteiger partial charge in [0.25, 0.3) is 5.91 Å². The van der Waals surface area contributed by atoms with Crippen LogP contribution in [-0.2, 0) is 4.79 Å². The van der Waals surface area contributed by atoms with Gasteiger partial charge >= 0.3 is 0 Å². The highest BCUT2D eigenvalue weighted by molar-refractivity contribution is 6.30. The van der Waals surface area contributed by atoms with Crippen molar-refractivity contribution >= 4 is 39.9 Å². The molecule has 3 aromatic rings. The Labute approximate surface area is 142 Å². The van der Waals surface area contributed by atoms with Crippen LogP contribution in [0.25, 0.3) is 11.0 Å². The molecular formula is C17H12ClN5O. The first-order valence-corrected chi connectivity index (χ1v) is 7.40. The molecule has 1 amide bonds. The molecule has 0 atom stereocenters. The van der Waals surface area contributed by atoms with E-state index in [4.69, 9.17) is 11.6 Å². The number of hydrogen-bond acceptors (Lipinski definition) is 4. The quantitative estimate of drug-likeness (QED) is 0.500. The van der Waals surface area contributed by atoms with Crippen LogP contribution in [0.4, 0.5) is 11.4 Å². The van der Waals surface area contributed by atoms with Crippen molar-refractivity contribution in [1.82, 2.24) is 9.97 Å². The first-order chi connectivity index (χ1) is 11.7. The molecule has 0 radical (unpaired) electrons. The Balaban J connectivity index is 1.72. The molecule has 6 nitrogen and oxygen atoms in total. The summed E-state index contributed by atoms with van der Waals surface area (Å²) in [6.45, 7) is 0. The first-order valence-electron chi connectivity index (χ1n) is 7.02. The molecule has 2 aromatic carbocycles. The molecule has 7 heteroatoms. The van der Waals surface area contributed by atoms with Crippen molar-refractivity contribution in [2.24, 2.45) is 0 Å². The zero-order chi connectivity index (χ0) is 16.9. The topological polar surface area (TPSA) is 93.6 Å². The minimum atomic E-state index is -0.505. The number of anilines is 2. The Morgan fingerprint density at radius 2 is 1.96 bits per heavy atom. The molecule has 1 heterocycles. The van der Waals surface area contributed by atoms with Gasteiger partial charge in [-0.1, -0.05) is 11.6 Å². The molecule has 0 saturated carbocycles. The van der Waals surface area contributed by atoms with Crippen LogP contribution in [0.3, 0.4) is 0 Å². The fourth-order valence-electron chi connectivity index (χ4n) is 2.06. The lowest BCUT2D eigenvalue weighted by molar-refractivity contribution is -0.112. The van der Waals surface area contributed by atoms with E-state index in [1.165, 1.54) is 6.20 Å². The summed E-state index contributed by atoms with van der Waals surface area (Å²) in [6.07, 6.45) is 2.97. The molecule has 0 unspecified atom stereocenters. The Bertz CT molecular complexity index is 953. The van der Waals surface area contributed by atoms with Crippen LogP contribution in [0.1, 0.15) is 0 Å². The summed E-state index contributed by atoms with van der Waals surface area (Å²) in [4.78, 5) is 19.3. The van der Waals surface area contributed by atoms with E-state index < -0.39 is 5.91 Å². The number of nitrogens with one attached hydrogen (secondary N) is 3. The normalized spacial score (nSPS) is 11.1. The Kier molecular flexibility index (Phi) is 4.45. The molecule has 0 fully saturated rings. The average molecular weight is 338 g/mol. The number of imidazole rings is 1. The summed E-state index contributed by atoms with van der Waals surface area (Å²) in [5, 5.41) is 15.3. The molecule has 1 aromatic heterocycles. The molecule has 0 saturated heterocycles. The van der Waals surface area contributed by atoms with Crippen molar-refractivity contribution in [1.29, 1.82) is 5.26 Å². The van der Waals surface area contributed by atoms with Gasteiger partial charge in [-0.15, -0.1) is 0 Å². The van der Waals surface area contributed by atoms with Gasteiger partial charge in [0.1, 0.15) is 11.6 Å². The molecule has 0 spiro atoms. The molecule has 24 heavy (non-hydrogen) atoms. The number of carbonyl (C=O) groups excluding carboxylic acids is 1. The third kappa shape index (κ3) is 3.54. The van der Waals surface area contributed by atoms with Gasteiger partial charge in [0.05, 0.1) is 17.4 Å². The standard InChI is InChI=1S/C17H12ClN5O/c18-12-1-3-13(4-2-12)23-17(24)11(8-19)9-20-14-5-6-15-16(7-14)22-10-21-15/h1-7,9-10,20H,(H,21,22)(H,23,24)/b11-9-. The number of rotatable bonds is 4. The highest BCUT2D eigenvalue weighted by Crippen LogP contribution is 2.17. The SMILES string of the molecule is N#C/C(=C/Nc1ccc2nc[nH]c2c1)C(=O)Nc1ccc(Cl)cc1. The van der Waals surface area contributed by atoms with E-state index in [0.717, 1.165) is 16.7 Å². The number of benzene rings is 2. The maximum atomic E-state index is 12.1. The van der Waals surface area contributed by atoms with E-state index in [9.17, 15) is 10.1 Å². The molecule has 0 aliphatic rings. The lowest BCUT2D eigenvalue weighted by Crippen LogP contribution is -2.14. The van der Waals surface area contributed by atoms with Crippen molar-refractivity contribution in [3.05, 3.63) is 65.6 Å². The van der Waals surface area contributed by atoms with Gasteiger partial charge in [0.2, 0.25) is 0 Å². The highest BCUT2D eigenvalue weighted by Gasteiger charge is 2.09. The van der Waals surface area contributed by atoms with E-state index in [1.54, 1.807) is 30.6 Å². The summed E-state index contributed by atoms with van der Waals surface area (Å²) < 4.78 is 0. The Morgan fingerprint density at radius 3 is 2.71 bits per heavy atom. The predicted octanol–water partition coefficient (Wildman–Crippen LogP) is 3.67. The highest BCUT2D eigenvalue weighted by atomic mass is 35.5. The van der Waals surface area contributed by atoms with Gasteiger partial charge in [0, 0.05) is 22.6 Å². The summed E-state index contributed by atoms with van der Waals surface area (Å²) in [7, 11) is 0. The second-order valence-electron chi connectivity index (χ2n) is 4.91. The minimum absolute atomic E-state index is 0.0466. The van der Waals surface area contributed by atoms with E-state index >= 15 is 0 Å². The summed E-state index contributed by atoms with van der Waals surface area (Å²) >= 11 is 5.80. The van der Waals surface area contributed by atoms with Crippen LogP contribution >= 0.6 is 11.6 Å². The second kappa shape index (κ2) is 6.86. The van der Waals surface area contributed by atoms with Gasteiger partial charge in [-0.25, -0.2) is 4.98 Å². The molecule has 118 valence electrons. The number of carbonyl (C=O) groups is 1. The number of H-pyrrole nitrogens is 1. The van der Waals surface area contributed by atoms with Gasteiger partial charge < -0.3 is 15.6 Å². The zero-order valence-electron chi connectivity index (χ0n) is 12.4. The van der Waals surface area contributed by atoms with Crippen LogP contribution in [0.2, 0.25) is 5.02 Å². The Morgan fingerprint density at radius 1 is 1.21 bits per heavy atom. The maximum absolute atomic E-state index is 12.1. The van der Waals surface area contributed by atoms with Crippen LogP contribution in [0.5, 0.6) is 0 Å². The Hall–Kier alpha value is -3.30. The van der Waals surface area contributed by atoms with Crippen molar-refractivity contribution in [2.45, 2.75) is 0 Å². The fraction of sp³-hybridized carbons (Fsp3) is 0. The van der Waals surface area contributed by atoms with Crippen molar-refractivity contribution < 1.29 is 4.79 Å². The van der Waals surface area contributed by atoms with Crippen LogP contribution in [0, 0.1) is 11.3 Å². The first kappa shape index (κ1) is 15.6. The minimum Gasteiger partial charge on any atom is -0.360 e. The maximum Gasteiger partial charge on any atom is 0.267 e. The summed E-state index contributed by atoms with van der Waals surface area (Å²) in [6, 6.07) is 14.0. The van der Waals surface area contributed by atoms with Crippen molar-refractivity contribution in [3.8, 4) is 6.07 Å². The van der Waals surface area contributed by atoms with E-state index in [2.05, 4.69) is 20.6 Å². The van der Waals surface area contributed by atoms with Crippen LogP contribution in [-0.4, -0.2) is 15.9 Å². The van der Waals surface area contributed by atoms with Crippen molar-refractivity contribution in [3.63, 3.8) is 0 Å². The third-order valence-electron chi connectivity index (χ3n) is 3.27. The van der Waals surface area contributed by atoms with E-state index in [-0.39, 0.29) is 5.57 Å². The van der Waals surface area contributed by atoms with Crippen molar-refractivity contribution in [2.75, 3.05) is 10.6 Å². The largest absolute Gasteiger partial charge is 0.360 e. The van der Waals surface area contributed by atoms with Gasteiger partial charge in [0.15, 0.2) is 0 Å². The number of fused-ring (bicyclic) bond motifs is 1. The number of amides is 1. The number of nitriles is 1.